The molecule has 0 amide bonds. The lowest BCUT2D eigenvalue weighted by atomic mass is 9.91. The Bertz CT molecular complexity index is 704. The van der Waals surface area contributed by atoms with Crippen LogP contribution in [0.3, 0.4) is 0 Å². The molecule has 2 saturated heterocycles. The van der Waals surface area contributed by atoms with Crippen LogP contribution in [0.25, 0.3) is 0 Å². The molecule has 1 N–H and O–H groups in total. The zero-order chi connectivity index (χ0) is 16.5. The molecule has 24 heavy (non-hydrogen) atoms. The van der Waals surface area contributed by atoms with Crippen molar-refractivity contribution in [3.63, 3.8) is 0 Å². The summed E-state index contributed by atoms with van der Waals surface area (Å²) in [6, 6.07) is 4.03. The molecule has 0 aromatic carbocycles. The van der Waals surface area contributed by atoms with Crippen molar-refractivity contribution in [1.29, 1.82) is 0 Å². The van der Waals surface area contributed by atoms with Crippen LogP contribution < -0.4 is 4.74 Å². The Balaban J connectivity index is 1.41. The minimum atomic E-state index is 0.0258. The van der Waals surface area contributed by atoms with Crippen molar-refractivity contribution in [1.82, 2.24) is 25.1 Å². The average Bonchev–Trinajstić information content (AvgIpc) is 3.21. The first-order chi connectivity index (χ1) is 11.7. The summed E-state index contributed by atoms with van der Waals surface area (Å²) in [5.74, 6) is 2.94. The Kier molecular flexibility index (Phi) is 4.20. The van der Waals surface area contributed by atoms with Gasteiger partial charge in [0.15, 0.2) is 5.82 Å². The number of rotatable bonds is 4. The maximum absolute atomic E-state index is 6.26. The van der Waals surface area contributed by atoms with E-state index in [4.69, 9.17) is 9.47 Å². The fraction of sp³-hybridized carbons (Fsp3) is 0.588. The van der Waals surface area contributed by atoms with Gasteiger partial charge >= 0.3 is 0 Å². The van der Waals surface area contributed by atoms with Gasteiger partial charge in [-0.25, -0.2) is 9.97 Å². The molecule has 0 unspecified atom stereocenters. The third-order valence-electron chi connectivity index (χ3n) is 4.98. The summed E-state index contributed by atoms with van der Waals surface area (Å²) in [7, 11) is 1.67. The fourth-order valence-electron chi connectivity index (χ4n) is 3.78. The number of ether oxygens (including phenoxy) is 2. The molecular formula is C17H23N5O2. The van der Waals surface area contributed by atoms with E-state index in [-0.39, 0.29) is 12.2 Å². The predicted molar refractivity (Wildman–Crippen MR) is 87.5 cm³/mol. The number of H-pyrrole nitrogens is 1. The van der Waals surface area contributed by atoms with E-state index < -0.39 is 0 Å². The van der Waals surface area contributed by atoms with Gasteiger partial charge in [0.1, 0.15) is 11.9 Å². The highest BCUT2D eigenvalue weighted by Crippen LogP contribution is 2.40. The van der Waals surface area contributed by atoms with Gasteiger partial charge in [0.25, 0.3) is 0 Å². The van der Waals surface area contributed by atoms with Crippen molar-refractivity contribution < 1.29 is 9.47 Å². The number of hydrogen-bond acceptors (Lipinski definition) is 6. The smallest absolute Gasteiger partial charge is 0.217 e. The molecule has 2 aromatic rings. The van der Waals surface area contributed by atoms with Gasteiger partial charge in [0, 0.05) is 24.8 Å². The molecule has 2 aliphatic heterocycles. The largest absolute Gasteiger partial charge is 0.481 e. The van der Waals surface area contributed by atoms with Gasteiger partial charge in [-0.15, -0.1) is 0 Å². The summed E-state index contributed by atoms with van der Waals surface area (Å²) in [4.78, 5) is 11.1. The molecule has 2 aromatic heterocycles. The molecule has 0 spiro atoms. The zero-order valence-electron chi connectivity index (χ0n) is 14.1. The molecule has 0 aliphatic carbocycles. The van der Waals surface area contributed by atoms with E-state index in [0.29, 0.717) is 11.8 Å². The van der Waals surface area contributed by atoms with Crippen molar-refractivity contribution in [2.24, 2.45) is 5.92 Å². The standard InChI is InChI=1S/C17H23N5O2/c1-11-19-16(21-20-11)14-8-12-5-7-22(10-15(12)24-14)9-13-4-3-6-18-17(13)23-2/h3-4,6,12,14-15H,5,7-10H2,1-2H3,(H,19,20,21)/t12-,14+,15+/m0/s1. The lowest BCUT2D eigenvalue weighted by molar-refractivity contribution is -0.0121. The highest BCUT2D eigenvalue weighted by atomic mass is 16.5. The summed E-state index contributed by atoms with van der Waals surface area (Å²) in [6.45, 7) is 4.76. The number of nitrogens with one attached hydrogen (secondary N) is 1. The molecule has 7 nitrogen and oxygen atoms in total. The summed E-state index contributed by atoms with van der Waals surface area (Å²) in [6.07, 6.45) is 4.21. The lowest BCUT2D eigenvalue weighted by Crippen LogP contribution is -2.41. The van der Waals surface area contributed by atoms with E-state index in [0.717, 1.165) is 49.7 Å². The number of aromatic nitrogens is 4. The van der Waals surface area contributed by atoms with Crippen molar-refractivity contribution in [2.75, 3.05) is 20.2 Å². The Labute approximate surface area is 141 Å². The minimum absolute atomic E-state index is 0.0258. The highest BCUT2D eigenvalue weighted by molar-refractivity contribution is 5.25. The molecule has 0 saturated carbocycles. The highest BCUT2D eigenvalue weighted by Gasteiger charge is 2.41. The molecule has 7 heteroatoms. The molecular weight excluding hydrogens is 306 g/mol. The number of piperidine rings is 1. The molecule has 2 fully saturated rings. The van der Waals surface area contributed by atoms with Crippen LogP contribution in [0.5, 0.6) is 5.88 Å². The molecule has 0 radical (unpaired) electrons. The van der Waals surface area contributed by atoms with E-state index in [1.54, 1.807) is 13.3 Å². The second kappa shape index (κ2) is 6.49. The molecule has 0 bridgehead atoms. The molecule has 128 valence electrons. The van der Waals surface area contributed by atoms with E-state index in [9.17, 15) is 0 Å². The third kappa shape index (κ3) is 3.01. The summed E-state index contributed by atoms with van der Waals surface area (Å²) >= 11 is 0. The average molecular weight is 329 g/mol. The van der Waals surface area contributed by atoms with Gasteiger partial charge in [-0.2, -0.15) is 5.10 Å². The van der Waals surface area contributed by atoms with Crippen LogP contribution in [0.4, 0.5) is 0 Å². The maximum atomic E-state index is 6.26. The Hall–Kier alpha value is -1.99. The van der Waals surface area contributed by atoms with Crippen molar-refractivity contribution in [2.45, 2.75) is 38.5 Å². The van der Waals surface area contributed by atoms with E-state index in [1.165, 1.54) is 0 Å². The van der Waals surface area contributed by atoms with Crippen molar-refractivity contribution >= 4 is 0 Å². The number of pyridine rings is 1. The minimum Gasteiger partial charge on any atom is -0.481 e. The third-order valence-corrected chi connectivity index (χ3v) is 4.98. The predicted octanol–water partition coefficient (Wildman–Crippen LogP) is 1.87. The van der Waals surface area contributed by atoms with Crippen molar-refractivity contribution in [3.05, 3.63) is 35.5 Å². The first-order valence-corrected chi connectivity index (χ1v) is 8.47. The Morgan fingerprint density at radius 3 is 3.17 bits per heavy atom. The summed E-state index contributed by atoms with van der Waals surface area (Å²) in [5.41, 5.74) is 1.12. The van der Waals surface area contributed by atoms with Gasteiger partial charge in [-0.3, -0.25) is 10.00 Å². The number of hydrogen-bond donors (Lipinski definition) is 1. The van der Waals surface area contributed by atoms with Gasteiger partial charge in [-0.1, -0.05) is 6.07 Å². The number of methoxy groups -OCH3 is 1. The topological polar surface area (TPSA) is 76.2 Å². The van der Waals surface area contributed by atoms with E-state index in [2.05, 4.69) is 31.1 Å². The van der Waals surface area contributed by atoms with Crippen LogP contribution >= 0.6 is 0 Å². The zero-order valence-corrected chi connectivity index (χ0v) is 14.1. The van der Waals surface area contributed by atoms with Crippen molar-refractivity contribution in [3.8, 4) is 5.88 Å². The first-order valence-electron chi connectivity index (χ1n) is 8.47. The molecule has 2 aliphatic rings. The second-order valence-corrected chi connectivity index (χ2v) is 6.63. The number of nitrogens with zero attached hydrogens (tertiary/aromatic N) is 4. The Morgan fingerprint density at radius 1 is 1.46 bits per heavy atom. The van der Waals surface area contributed by atoms with Crippen LogP contribution in [0, 0.1) is 12.8 Å². The van der Waals surface area contributed by atoms with E-state index in [1.807, 2.05) is 13.0 Å². The summed E-state index contributed by atoms with van der Waals surface area (Å²) in [5, 5.41) is 7.17. The number of aryl methyl sites for hydroxylation is 1. The fourth-order valence-corrected chi connectivity index (χ4v) is 3.78. The molecule has 3 atom stereocenters. The normalized spacial score (nSPS) is 27.2. The van der Waals surface area contributed by atoms with Gasteiger partial charge in [0.05, 0.1) is 13.2 Å². The number of likely N-dealkylation sites (tertiary alicyclic amines) is 1. The SMILES string of the molecule is COc1ncccc1CN1CC[C@H]2C[C@H](c3n[nH]c(C)n3)O[C@@H]2C1. The van der Waals surface area contributed by atoms with Crippen LogP contribution in [0.1, 0.15) is 36.2 Å². The molecule has 4 rings (SSSR count). The summed E-state index contributed by atoms with van der Waals surface area (Å²) < 4.78 is 11.6. The monoisotopic (exact) mass is 329 g/mol. The maximum Gasteiger partial charge on any atom is 0.217 e. The first kappa shape index (κ1) is 15.5. The van der Waals surface area contributed by atoms with Crippen LogP contribution in [0.2, 0.25) is 0 Å². The van der Waals surface area contributed by atoms with E-state index >= 15 is 0 Å². The van der Waals surface area contributed by atoms with Crippen LogP contribution in [-0.2, 0) is 11.3 Å². The van der Waals surface area contributed by atoms with Gasteiger partial charge < -0.3 is 9.47 Å². The second-order valence-electron chi connectivity index (χ2n) is 6.63. The van der Waals surface area contributed by atoms with Crippen LogP contribution in [0.15, 0.2) is 18.3 Å². The van der Waals surface area contributed by atoms with Crippen LogP contribution in [-0.4, -0.2) is 51.4 Å². The lowest BCUT2D eigenvalue weighted by Gasteiger charge is -2.34. The quantitative estimate of drug-likeness (QED) is 0.923. The van der Waals surface area contributed by atoms with Gasteiger partial charge in [0.2, 0.25) is 5.88 Å². The van der Waals surface area contributed by atoms with Gasteiger partial charge in [-0.05, 0) is 38.3 Å². The Morgan fingerprint density at radius 2 is 2.38 bits per heavy atom. The molecule has 4 heterocycles. The number of aromatic amines is 1. The number of fused-ring (bicyclic) bond motifs is 1.